The highest BCUT2D eigenvalue weighted by atomic mass is 16.6. The lowest BCUT2D eigenvalue weighted by molar-refractivity contribution is -0.144. The van der Waals surface area contributed by atoms with Crippen LogP contribution >= 0.6 is 0 Å². The molecule has 0 radical (unpaired) electrons. The number of carbonyl (C=O) groups excluding carboxylic acids is 1. The number of carboxylic acids is 1. The smallest absolute Gasteiger partial charge is 0.346 e. The molecule has 0 saturated heterocycles. The predicted molar refractivity (Wildman–Crippen MR) is 68.9 cm³/mol. The van der Waals surface area contributed by atoms with E-state index >= 15 is 0 Å². The van der Waals surface area contributed by atoms with Gasteiger partial charge >= 0.3 is 5.97 Å². The highest BCUT2D eigenvalue weighted by molar-refractivity contribution is 6.08. The molecule has 1 aromatic heterocycles. The number of aliphatic carboxylic acids is 1. The van der Waals surface area contributed by atoms with E-state index < -0.39 is 18.0 Å². The molecule has 0 spiro atoms. The van der Waals surface area contributed by atoms with Gasteiger partial charge in [-0.05, 0) is 22.4 Å². The summed E-state index contributed by atoms with van der Waals surface area (Å²) < 4.78 is 9.74. The average Bonchev–Trinajstić information content (AvgIpc) is 2.91. The number of fused-ring (bicyclic) bond motifs is 1. The highest BCUT2D eigenvalue weighted by Crippen LogP contribution is 2.34. The SMILES string of the molecule is Nc1nonc1C(=O)N1CC(C(=O)O)Oc2ccccc21. The van der Waals surface area contributed by atoms with Crippen molar-refractivity contribution in [2.24, 2.45) is 0 Å². The molecule has 1 aromatic carbocycles. The molecule has 1 aliphatic rings. The molecular weight excluding hydrogens is 280 g/mol. The molecule has 1 amide bonds. The van der Waals surface area contributed by atoms with Crippen LogP contribution in [0.1, 0.15) is 10.5 Å². The standard InChI is InChI=1S/C12H10N4O5/c13-10-9(14-21-15-10)11(17)16-5-8(12(18)19)20-7-4-2-1-3-6(7)16/h1-4,8H,5H2,(H2,13,15)(H,18,19). The zero-order chi connectivity index (χ0) is 15.0. The van der Waals surface area contributed by atoms with Crippen molar-refractivity contribution in [3.63, 3.8) is 0 Å². The van der Waals surface area contributed by atoms with Gasteiger partial charge in [0.1, 0.15) is 5.75 Å². The third-order valence-electron chi connectivity index (χ3n) is 3.01. The maximum atomic E-state index is 12.4. The minimum atomic E-state index is -1.18. The first-order chi connectivity index (χ1) is 10.1. The average molecular weight is 290 g/mol. The number of nitrogens with two attached hydrogens (primary N) is 1. The zero-order valence-electron chi connectivity index (χ0n) is 10.6. The lowest BCUT2D eigenvalue weighted by atomic mass is 10.1. The Morgan fingerprint density at radius 3 is 2.76 bits per heavy atom. The van der Waals surface area contributed by atoms with Crippen molar-refractivity contribution in [2.75, 3.05) is 17.2 Å². The van der Waals surface area contributed by atoms with E-state index in [9.17, 15) is 9.59 Å². The summed E-state index contributed by atoms with van der Waals surface area (Å²) in [4.78, 5) is 24.8. The van der Waals surface area contributed by atoms with Crippen molar-refractivity contribution in [2.45, 2.75) is 6.10 Å². The molecule has 3 N–H and O–H groups in total. The Balaban J connectivity index is 2.02. The van der Waals surface area contributed by atoms with Gasteiger partial charge in [-0.2, -0.15) is 0 Å². The second kappa shape index (κ2) is 4.78. The number of carbonyl (C=O) groups is 2. The lowest BCUT2D eigenvalue weighted by Crippen LogP contribution is -2.47. The number of carboxylic acid groups (broad SMARTS) is 1. The fourth-order valence-electron chi connectivity index (χ4n) is 2.03. The Morgan fingerprint density at radius 2 is 2.10 bits per heavy atom. The molecule has 0 aliphatic carbocycles. The quantitative estimate of drug-likeness (QED) is 0.798. The maximum absolute atomic E-state index is 12.4. The summed E-state index contributed by atoms with van der Waals surface area (Å²) in [5.74, 6) is -1.64. The first-order valence-corrected chi connectivity index (χ1v) is 5.96. The molecule has 0 saturated carbocycles. The maximum Gasteiger partial charge on any atom is 0.346 e. The first kappa shape index (κ1) is 12.9. The van der Waals surface area contributed by atoms with Crippen LogP contribution in [-0.4, -0.2) is 39.9 Å². The number of nitrogen functional groups attached to an aromatic ring is 1. The van der Waals surface area contributed by atoms with Gasteiger partial charge in [-0.1, -0.05) is 12.1 Å². The number of amides is 1. The summed E-state index contributed by atoms with van der Waals surface area (Å²) in [7, 11) is 0. The monoisotopic (exact) mass is 290 g/mol. The summed E-state index contributed by atoms with van der Waals surface area (Å²) in [5, 5.41) is 15.9. The molecule has 0 bridgehead atoms. The van der Waals surface area contributed by atoms with E-state index in [0.29, 0.717) is 11.4 Å². The van der Waals surface area contributed by atoms with Crippen molar-refractivity contribution in [3.8, 4) is 5.75 Å². The van der Waals surface area contributed by atoms with E-state index in [-0.39, 0.29) is 18.1 Å². The Labute approximate surface area is 117 Å². The molecule has 2 heterocycles. The van der Waals surface area contributed by atoms with Crippen molar-refractivity contribution in [1.82, 2.24) is 10.3 Å². The second-order valence-electron chi connectivity index (χ2n) is 4.33. The van der Waals surface area contributed by atoms with Gasteiger partial charge in [0.25, 0.3) is 5.91 Å². The highest BCUT2D eigenvalue weighted by Gasteiger charge is 2.35. The summed E-state index contributed by atoms with van der Waals surface area (Å²) in [5.41, 5.74) is 5.76. The van der Waals surface area contributed by atoms with Gasteiger partial charge < -0.3 is 15.6 Å². The van der Waals surface area contributed by atoms with Gasteiger partial charge in [-0.15, -0.1) is 0 Å². The summed E-state index contributed by atoms with van der Waals surface area (Å²) in [6.45, 7) is -0.169. The van der Waals surface area contributed by atoms with Crippen LogP contribution in [0.3, 0.4) is 0 Å². The van der Waals surface area contributed by atoms with Crippen LogP contribution < -0.4 is 15.4 Å². The Bertz CT molecular complexity index is 713. The number of nitrogens with zero attached hydrogens (tertiary/aromatic N) is 3. The van der Waals surface area contributed by atoms with Crippen molar-refractivity contribution >= 4 is 23.4 Å². The number of aromatic nitrogens is 2. The molecule has 1 aliphatic heterocycles. The van der Waals surface area contributed by atoms with Crippen molar-refractivity contribution in [3.05, 3.63) is 30.0 Å². The first-order valence-electron chi connectivity index (χ1n) is 5.96. The molecule has 3 rings (SSSR count). The molecule has 1 atom stereocenters. The van der Waals surface area contributed by atoms with Crippen LogP contribution in [0.5, 0.6) is 5.75 Å². The zero-order valence-corrected chi connectivity index (χ0v) is 10.6. The topological polar surface area (TPSA) is 132 Å². The van der Waals surface area contributed by atoms with E-state index in [1.165, 1.54) is 4.90 Å². The van der Waals surface area contributed by atoms with E-state index in [4.69, 9.17) is 15.6 Å². The lowest BCUT2D eigenvalue weighted by Gasteiger charge is -2.32. The number of benzene rings is 1. The Kier molecular flexibility index (Phi) is 2.94. The van der Waals surface area contributed by atoms with E-state index in [1.807, 2.05) is 0 Å². The fraction of sp³-hybridized carbons (Fsp3) is 0.167. The number of para-hydroxylation sites is 2. The summed E-state index contributed by atoms with van der Waals surface area (Å²) in [6.07, 6.45) is -1.18. The van der Waals surface area contributed by atoms with Crippen LogP contribution in [0, 0.1) is 0 Å². The van der Waals surface area contributed by atoms with Gasteiger partial charge in [0, 0.05) is 0 Å². The largest absolute Gasteiger partial charge is 0.478 e. The molecule has 1 unspecified atom stereocenters. The number of anilines is 2. The number of rotatable bonds is 2. The summed E-state index contributed by atoms with van der Waals surface area (Å²) >= 11 is 0. The van der Waals surface area contributed by atoms with Crippen LogP contribution in [0.15, 0.2) is 28.9 Å². The van der Waals surface area contributed by atoms with E-state index in [1.54, 1.807) is 24.3 Å². The predicted octanol–water partition coefficient (Wildman–Crippen LogP) is 0.144. The van der Waals surface area contributed by atoms with E-state index in [0.717, 1.165) is 0 Å². The van der Waals surface area contributed by atoms with Gasteiger partial charge in [0.15, 0.2) is 0 Å². The molecule has 21 heavy (non-hydrogen) atoms. The van der Waals surface area contributed by atoms with Crippen molar-refractivity contribution < 1.29 is 24.1 Å². The third kappa shape index (κ3) is 2.14. The van der Waals surface area contributed by atoms with Gasteiger partial charge in [-0.25, -0.2) is 9.42 Å². The number of ether oxygens (including phenoxy) is 1. The van der Waals surface area contributed by atoms with Crippen LogP contribution in [0.25, 0.3) is 0 Å². The minimum absolute atomic E-state index is 0.157. The van der Waals surface area contributed by atoms with Crippen LogP contribution in [0.4, 0.5) is 11.5 Å². The molecule has 9 nitrogen and oxygen atoms in total. The molecule has 9 heteroatoms. The van der Waals surface area contributed by atoms with Gasteiger partial charge in [0.2, 0.25) is 17.6 Å². The van der Waals surface area contributed by atoms with Crippen molar-refractivity contribution in [1.29, 1.82) is 0 Å². The van der Waals surface area contributed by atoms with Crippen LogP contribution in [0.2, 0.25) is 0 Å². The Hall–Kier alpha value is -3.10. The third-order valence-corrected chi connectivity index (χ3v) is 3.01. The molecule has 0 fully saturated rings. The second-order valence-corrected chi connectivity index (χ2v) is 4.33. The number of hydrogen-bond donors (Lipinski definition) is 2. The fourth-order valence-corrected chi connectivity index (χ4v) is 2.03. The minimum Gasteiger partial charge on any atom is -0.478 e. The summed E-state index contributed by atoms with van der Waals surface area (Å²) in [6, 6.07) is 6.59. The molecule has 2 aromatic rings. The van der Waals surface area contributed by atoms with E-state index in [2.05, 4.69) is 14.9 Å². The van der Waals surface area contributed by atoms with Gasteiger partial charge in [-0.3, -0.25) is 9.69 Å². The molecular formula is C12H10N4O5. The van der Waals surface area contributed by atoms with Gasteiger partial charge in [0.05, 0.1) is 12.2 Å². The van der Waals surface area contributed by atoms with Crippen LogP contribution in [-0.2, 0) is 4.79 Å². The normalized spacial score (nSPS) is 17.0. The Morgan fingerprint density at radius 1 is 1.33 bits per heavy atom. The number of hydrogen-bond acceptors (Lipinski definition) is 7. The molecule has 108 valence electrons.